The van der Waals surface area contributed by atoms with Gasteiger partial charge in [0, 0.05) is 6.42 Å². The van der Waals surface area contributed by atoms with E-state index in [4.69, 9.17) is 9.47 Å². The van der Waals surface area contributed by atoms with Crippen LogP contribution < -0.4 is 9.47 Å². The quantitative estimate of drug-likeness (QED) is 0.640. The third-order valence-electron chi connectivity index (χ3n) is 3.15. The van der Waals surface area contributed by atoms with Crippen LogP contribution in [0.1, 0.15) is 52.5 Å². The summed E-state index contributed by atoms with van der Waals surface area (Å²) in [6.07, 6.45) is 3.46. The number of Topliss-reactive ketones (excluding diaryl/α,β-unsaturated/α-hetero) is 1. The average Bonchev–Trinajstić information content (AvgIpc) is 2.43. The van der Waals surface area contributed by atoms with E-state index in [1.807, 2.05) is 6.07 Å². The molecule has 0 amide bonds. The number of ether oxygens (including phenoxy) is 2. The first-order chi connectivity index (χ1) is 10.1. The van der Waals surface area contributed by atoms with Crippen LogP contribution in [0.2, 0.25) is 0 Å². The molecule has 1 atom stereocenters. The first-order valence-corrected chi connectivity index (χ1v) is 7.94. The number of ketones is 1. The number of hydrogen-bond donors (Lipinski definition) is 0. The van der Waals surface area contributed by atoms with Crippen LogP contribution in [0.25, 0.3) is 0 Å². The van der Waals surface area contributed by atoms with E-state index in [1.54, 1.807) is 6.92 Å². The largest absolute Gasteiger partial charge is 0.490 e. The van der Waals surface area contributed by atoms with Crippen LogP contribution in [0.4, 0.5) is 0 Å². The molecule has 0 aliphatic carbocycles. The summed E-state index contributed by atoms with van der Waals surface area (Å²) in [7, 11) is 0. The van der Waals surface area contributed by atoms with Crippen LogP contribution in [0.3, 0.4) is 0 Å². The minimum Gasteiger partial charge on any atom is -0.490 e. The molecule has 21 heavy (non-hydrogen) atoms. The molecule has 0 saturated carbocycles. The van der Waals surface area contributed by atoms with Gasteiger partial charge in [0.25, 0.3) is 0 Å². The highest BCUT2D eigenvalue weighted by Gasteiger charge is 2.10. The zero-order valence-electron chi connectivity index (χ0n) is 13.8. The molecule has 0 bridgehead atoms. The first-order valence-electron chi connectivity index (χ1n) is 7.94. The molecule has 1 aromatic carbocycles. The maximum absolute atomic E-state index is 11.2. The van der Waals surface area contributed by atoms with Gasteiger partial charge < -0.3 is 14.3 Å². The minimum atomic E-state index is 0.243. The van der Waals surface area contributed by atoms with E-state index in [1.165, 1.54) is 5.56 Å². The summed E-state index contributed by atoms with van der Waals surface area (Å²) in [5.41, 5.74) is 1.19. The Labute approximate surface area is 128 Å². The summed E-state index contributed by atoms with van der Waals surface area (Å²) in [4.78, 5) is 11.2. The molecule has 1 rings (SSSR count). The third kappa shape index (κ3) is 6.65. The van der Waals surface area contributed by atoms with Crippen molar-refractivity contribution in [1.82, 2.24) is 0 Å². The Morgan fingerprint density at radius 3 is 2.29 bits per heavy atom. The second-order valence-corrected chi connectivity index (χ2v) is 5.69. The number of benzene rings is 1. The molecular formula is C18H28O3. The molecule has 0 N–H and O–H groups in total. The van der Waals surface area contributed by atoms with E-state index in [9.17, 15) is 4.79 Å². The van der Waals surface area contributed by atoms with Gasteiger partial charge in [0.1, 0.15) is 5.78 Å². The Balaban J connectivity index is 2.79. The lowest BCUT2D eigenvalue weighted by Gasteiger charge is -2.15. The fourth-order valence-corrected chi connectivity index (χ4v) is 2.30. The van der Waals surface area contributed by atoms with Crippen molar-refractivity contribution in [2.75, 3.05) is 13.2 Å². The molecule has 3 heteroatoms. The SMILES string of the molecule is CCCOc1ccc(CC(C)CC(C)=O)cc1OCCC. The van der Waals surface area contributed by atoms with Crippen LogP contribution in [-0.2, 0) is 11.2 Å². The number of carbonyl (C=O) groups is 1. The molecule has 1 aromatic rings. The predicted octanol–water partition coefficient (Wildman–Crippen LogP) is 4.42. The van der Waals surface area contributed by atoms with Gasteiger partial charge in [-0.1, -0.05) is 26.8 Å². The van der Waals surface area contributed by atoms with E-state index in [0.717, 1.165) is 30.8 Å². The fourth-order valence-electron chi connectivity index (χ4n) is 2.30. The molecule has 0 saturated heterocycles. The van der Waals surface area contributed by atoms with Crippen molar-refractivity contribution in [3.05, 3.63) is 23.8 Å². The van der Waals surface area contributed by atoms with Crippen molar-refractivity contribution >= 4 is 5.78 Å². The molecule has 0 fully saturated rings. The van der Waals surface area contributed by atoms with Gasteiger partial charge in [0.15, 0.2) is 11.5 Å². The van der Waals surface area contributed by atoms with Gasteiger partial charge in [-0.2, -0.15) is 0 Å². The van der Waals surface area contributed by atoms with Crippen molar-refractivity contribution in [2.45, 2.75) is 53.4 Å². The van der Waals surface area contributed by atoms with Crippen LogP contribution in [0, 0.1) is 5.92 Å². The standard InChI is InChI=1S/C18H28O3/c1-5-9-20-17-8-7-16(12-14(3)11-15(4)19)13-18(17)21-10-6-2/h7-8,13-14H,5-6,9-12H2,1-4H3. The molecule has 0 radical (unpaired) electrons. The average molecular weight is 292 g/mol. The first kappa shape index (κ1) is 17.5. The molecule has 0 heterocycles. The maximum Gasteiger partial charge on any atom is 0.161 e. The molecular weight excluding hydrogens is 264 g/mol. The molecule has 0 spiro atoms. The van der Waals surface area contributed by atoms with Gasteiger partial charge in [-0.25, -0.2) is 0 Å². The van der Waals surface area contributed by atoms with E-state index >= 15 is 0 Å². The molecule has 1 unspecified atom stereocenters. The number of hydrogen-bond acceptors (Lipinski definition) is 3. The van der Waals surface area contributed by atoms with Gasteiger partial charge in [-0.3, -0.25) is 0 Å². The van der Waals surface area contributed by atoms with Crippen molar-refractivity contribution < 1.29 is 14.3 Å². The summed E-state index contributed by atoms with van der Waals surface area (Å²) in [6, 6.07) is 6.11. The van der Waals surface area contributed by atoms with Crippen molar-refractivity contribution in [3.8, 4) is 11.5 Å². The summed E-state index contributed by atoms with van der Waals surface area (Å²) in [5, 5.41) is 0. The lowest BCUT2D eigenvalue weighted by Crippen LogP contribution is -2.06. The zero-order valence-corrected chi connectivity index (χ0v) is 13.8. The second-order valence-electron chi connectivity index (χ2n) is 5.69. The van der Waals surface area contributed by atoms with Crippen molar-refractivity contribution in [2.24, 2.45) is 5.92 Å². The smallest absolute Gasteiger partial charge is 0.161 e. The normalized spacial score (nSPS) is 12.0. The maximum atomic E-state index is 11.2. The van der Waals surface area contributed by atoms with E-state index in [0.29, 0.717) is 25.6 Å². The van der Waals surface area contributed by atoms with Gasteiger partial charge >= 0.3 is 0 Å². The predicted molar refractivity (Wildman–Crippen MR) is 86.2 cm³/mol. The third-order valence-corrected chi connectivity index (χ3v) is 3.15. The minimum absolute atomic E-state index is 0.243. The highest BCUT2D eigenvalue weighted by Crippen LogP contribution is 2.30. The molecule has 0 aromatic heterocycles. The van der Waals surface area contributed by atoms with Crippen LogP contribution in [-0.4, -0.2) is 19.0 Å². The van der Waals surface area contributed by atoms with E-state index in [-0.39, 0.29) is 5.78 Å². The lowest BCUT2D eigenvalue weighted by atomic mass is 9.96. The number of carbonyl (C=O) groups excluding carboxylic acids is 1. The molecule has 0 aliphatic rings. The Bertz CT molecular complexity index is 440. The van der Waals surface area contributed by atoms with Crippen LogP contribution in [0.5, 0.6) is 11.5 Å². The lowest BCUT2D eigenvalue weighted by molar-refractivity contribution is -0.117. The molecule has 0 aliphatic heterocycles. The summed E-state index contributed by atoms with van der Waals surface area (Å²) in [6.45, 7) is 9.32. The summed E-state index contributed by atoms with van der Waals surface area (Å²) >= 11 is 0. The monoisotopic (exact) mass is 292 g/mol. The van der Waals surface area contributed by atoms with Crippen molar-refractivity contribution in [3.63, 3.8) is 0 Å². The van der Waals surface area contributed by atoms with Gasteiger partial charge in [-0.15, -0.1) is 0 Å². The Morgan fingerprint density at radius 2 is 1.71 bits per heavy atom. The van der Waals surface area contributed by atoms with Crippen LogP contribution >= 0.6 is 0 Å². The van der Waals surface area contributed by atoms with Gasteiger partial charge in [-0.05, 0) is 49.8 Å². The Hall–Kier alpha value is -1.51. The summed E-state index contributed by atoms with van der Waals surface area (Å²) < 4.78 is 11.5. The second kappa shape index (κ2) is 9.43. The van der Waals surface area contributed by atoms with Crippen molar-refractivity contribution in [1.29, 1.82) is 0 Å². The number of rotatable bonds is 10. The fraction of sp³-hybridized carbons (Fsp3) is 0.611. The highest BCUT2D eigenvalue weighted by atomic mass is 16.5. The highest BCUT2D eigenvalue weighted by molar-refractivity contribution is 5.75. The Morgan fingerprint density at radius 1 is 1.10 bits per heavy atom. The van der Waals surface area contributed by atoms with E-state index in [2.05, 4.69) is 32.9 Å². The summed E-state index contributed by atoms with van der Waals surface area (Å²) in [5.74, 6) is 2.22. The van der Waals surface area contributed by atoms with E-state index < -0.39 is 0 Å². The topological polar surface area (TPSA) is 35.5 Å². The molecule has 3 nitrogen and oxygen atoms in total. The molecule has 118 valence electrons. The van der Waals surface area contributed by atoms with Gasteiger partial charge in [0.05, 0.1) is 13.2 Å². The van der Waals surface area contributed by atoms with Crippen LogP contribution in [0.15, 0.2) is 18.2 Å². The van der Waals surface area contributed by atoms with Gasteiger partial charge in [0.2, 0.25) is 0 Å². The Kier molecular flexibility index (Phi) is 7.88. The zero-order chi connectivity index (χ0) is 15.7.